The maximum atomic E-state index is 14.7. The second-order valence-corrected chi connectivity index (χ2v) is 8.40. The van der Waals surface area contributed by atoms with Crippen LogP contribution in [0.1, 0.15) is 22.3 Å². The number of hydrogen-bond donors (Lipinski definition) is 2. The van der Waals surface area contributed by atoms with Crippen LogP contribution in [0.3, 0.4) is 0 Å². The molecule has 0 saturated carbocycles. The smallest absolute Gasteiger partial charge is 0.414 e. The summed E-state index contributed by atoms with van der Waals surface area (Å²) >= 11 is 1.10. The van der Waals surface area contributed by atoms with Gasteiger partial charge in [-0.15, -0.1) is 0 Å². The average molecular weight is 488 g/mol. The number of ether oxygens (including phenoxy) is 1. The molecule has 176 valence electrons. The number of Topliss-reactive ketones (excluding diaryl/α,β-unsaturated/α-hetero) is 1. The van der Waals surface area contributed by atoms with Crippen LogP contribution in [0.2, 0.25) is 0 Å². The van der Waals surface area contributed by atoms with Gasteiger partial charge in [0.2, 0.25) is 5.91 Å². The maximum Gasteiger partial charge on any atom is 0.414 e. The van der Waals surface area contributed by atoms with Gasteiger partial charge in [-0.25, -0.2) is 19.0 Å². The summed E-state index contributed by atoms with van der Waals surface area (Å²) in [5.74, 6) is -2.30. The fraction of sp³-hybridized carbons (Fsp3) is 0.227. The van der Waals surface area contributed by atoms with Gasteiger partial charge < -0.3 is 10.1 Å². The van der Waals surface area contributed by atoms with E-state index < -0.39 is 41.9 Å². The second-order valence-electron chi connectivity index (χ2n) is 7.43. The van der Waals surface area contributed by atoms with Crippen LogP contribution in [0, 0.1) is 11.6 Å². The Hall–Kier alpha value is -3.80. The summed E-state index contributed by atoms with van der Waals surface area (Å²) in [5.41, 5.74) is 2.95. The predicted octanol–water partition coefficient (Wildman–Crippen LogP) is 2.20. The number of hydrazone groups is 1. The molecule has 2 aliphatic heterocycles. The van der Waals surface area contributed by atoms with Gasteiger partial charge in [-0.1, -0.05) is 11.8 Å². The van der Waals surface area contributed by atoms with Crippen molar-refractivity contribution in [1.29, 1.82) is 0 Å². The van der Waals surface area contributed by atoms with Gasteiger partial charge in [-0.2, -0.15) is 5.10 Å². The molecule has 12 heteroatoms. The van der Waals surface area contributed by atoms with Gasteiger partial charge in [0.25, 0.3) is 5.91 Å². The number of halogens is 2. The number of thioether (sulfide) groups is 1. The van der Waals surface area contributed by atoms with Crippen LogP contribution in [0.4, 0.5) is 19.3 Å². The minimum Gasteiger partial charge on any atom is -0.442 e. The fourth-order valence-corrected chi connectivity index (χ4v) is 4.07. The number of nitrogens with one attached hydrogen (secondary N) is 2. The maximum absolute atomic E-state index is 14.7. The molecule has 34 heavy (non-hydrogen) atoms. The summed E-state index contributed by atoms with van der Waals surface area (Å²) < 4.78 is 32.8. The number of hydrogen-bond acceptors (Lipinski definition) is 7. The van der Waals surface area contributed by atoms with Crippen molar-refractivity contribution in [3.8, 4) is 0 Å². The van der Waals surface area contributed by atoms with Crippen LogP contribution >= 0.6 is 11.8 Å². The Bertz CT molecular complexity index is 1190. The van der Waals surface area contributed by atoms with Crippen LogP contribution < -0.4 is 15.6 Å². The number of benzene rings is 2. The molecular weight excluding hydrogens is 470 g/mol. The number of carbonyl (C=O) groups is 4. The summed E-state index contributed by atoms with van der Waals surface area (Å²) in [6, 6.07) is 9.00. The van der Waals surface area contributed by atoms with E-state index in [1.807, 2.05) is 0 Å². The molecule has 2 aliphatic rings. The largest absolute Gasteiger partial charge is 0.442 e. The normalized spacial score (nSPS) is 17.6. The molecule has 2 aromatic rings. The van der Waals surface area contributed by atoms with Crippen molar-refractivity contribution in [2.24, 2.45) is 5.10 Å². The third kappa shape index (κ3) is 5.39. The highest BCUT2D eigenvalue weighted by atomic mass is 32.2. The van der Waals surface area contributed by atoms with Crippen LogP contribution in [0.15, 0.2) is 47.6 Å². The number of amides is 3. The third-order valence-corrected chi connectivity index (χ3v) is 6.00. The van der Waals surface area contributed by atoms with E-state index in [1.54, 1.807) is 0 Å². The molecule has 2 heterocycles. The van der Waals surface area contributed by atoms with Crippen molar-refractivity contribution in [3.05, 3.63) is 65.2 Å². The molecule has 9 nitrogen and oxygen atoms in total. The highest BCUT2D eigenvalue weighted by molar-refractivity contribution is 8.15. The Morgan fingerprint density at radius 2 is 1.94 bits per heavy atom. The summed E-state index contributed by atoms with van der Waals surface area (Å²) in [6.07, 6.45) is -1.84. The zero-order valence-corrected chi connectivity index (χ0v) is 18.4. The van der Waals surface area contributed by atoms with E-state index in [9.17, 15) is 28.0 Å². The molecule has 4 rings (SSSR count). The number of ketones is 1. The topological polar surface area (TPSA) is 117 Å². The van der Waals surface area contributed by atoms with E-state index in [-0.39, 0.29) is 41.6 Å². The van der Waals surface area contributed by atoms with Crippen molar-refractivity contribution < 1.29 is 32.7 Å². The second kappa shape index (κ2) is 10.00. The van der Waals surface area contributed by atoms with Gasteiger partial charge in [0.15, 0.2) is 5.78 Å². The van der Waals surface area contributed by atoms with Gasteiger partial charge in [-0.3, -0.25) is 19.3 Å². The van der Waals surface area contributed by atoms with Gasteiger partial charge in [0.05, 0.1) is 31.0 Å². The average Bonchev–Trinajstić information content (AvgIpc) is 3.19. The lowest BCUT2D eigenvalue weighted by molar-refractivity contribution is -0.120. The summed E-state index contributed by atoms with van der Waals surface area (Å²) in [4.78, 5) is 48.9. The SMILES string of the molecule is O=C(CC(=O)c1ccc(F)cc1)NC[C@H]1CN(c2ccc(C3=NNC(=O)CS3)c(F)c2)C(=O)O1. The minimum atomic E-state index is -0.703. The Kier molecular flexibility index (Phi) is 6.87. The van der Waals surface area contributed by atoms with E-state index >= 15 is 0 Å². The number of anilines is 1. The number of rotatable bonds is 7. The summed E-state index contributed by atoms with van der Waals surface area (Å²) in [5, 5.41) is 6.69. The van der Waals surface area contributed by atoms with Crippen molar-refractivity contribution in [2.45, 2.75) is 12.5 Å². The first-order valence-corrected chi connectivity index (χ1v) is 11.1. The van der Waals surface area contributed by atoms with Gasteiger partial charge in [-0.05, 0) is 42.5 Å². The first-order valence-electron chi connectivity index (χ1n) is 10.1. The molecule has 1 atom stereocenters. The summed E-state index contributed by atoms with van der Waals surface area (Å²) in [7, 11) is 0. The lowest BCUT2D eigenvalue weighted by atomic mass is 10.1. The number of cyclic esters (lactones) is 1. The third-order valence-electron chi connectivity index (χ3n) is 5.01. The van der Waals surface area contributed by atoms with E-state index in [4.69, 9.17) is 4.74 Å². The molecule has 2 aromatic carbocycles. The molecular formula is C22H18F2N4O5S. The molecule has 0 aliphatic carbocycles. The lowest BCUT2D eigenvalue weighted by Gasteiger charge is -2.16. The standard InChI is InChI=1S/C22H18F2N4O5S/c23-13-3-1-12(2-4-13)18(29)8-19(30)25-9-15-10-28(22(32)33-15)14-5-6-16(17(24)7-14)21-27-26-20(31)11-34-21/h1-7,15H,8-11H2,(H,25,30)(H,26,31)/t15-/m0/s1. The monoisotopic (exact) mass is 488 g/mol. The van der Waals surface area contributed by atoms with Gasteiger partial charge in [0, 0.05) is 11.1 Å². The van der Waals surface area contributed by atoms with Crippen molar-refractivity contribution >= 4 is 46.2 Å². The Morgan fingerprint density at radius 3 is 2.62 bits per heavy atom. The van der Waals surface area contributed by atoms with Crippen LogP contribution in [-0.4, -0.2) is 53.7 Å². The number of nitrogens with zero attached hydrogens (tertiary/aromatic N) is 2. The molecule has 0 bridgehead atoms. The molecule has 2 N–H and O–H groups in total. The first-order chi connectivity index (χ1) is 16.3. The van der Waals surface area contributed by atoms with Crippen LogP contribution in [0.5, 0.6) is 0 Å². The summed E-state index contributed by atoms with van der Waals surface area (Å²) in [6.45, 7) is 0.0288. The lowest BCUT2D eigenvalue weighted by Crippen LogP contribution is -2.35. The Balaban J connectivity index is 1.32. The minimum absolute atomic E-state index is 0.0362. The molecule has 3 amide bonds. The molecule has 1 fully saturated rings. The van der Waals surface area contributed by atoms with Crippen molar-refractivity contribution in [1.82, 2.24) is 10.7 Å². The predicted molar refractivity (Wildman–Crippen MR) is 120 cm³/mol. The zero-order valence-electron chi connectivity index (χ0n) is 17.5. The van der Waals surface area contributed by atoms with Gasteiger partial charge >= 0.3 is 6.09 Å². The fourth-order valence-electron chi connectivity index (χ4n) is 3.31. The zero-order chi connectivity index (χ0) is 24.2. The highest BCUT2D eigenvalue weighted by Crippen LogP contribution is 2.26. The van der Waals surface area contributed by atoms with E-state index in [2.05, 4.69) is 15.8 Å². The first kappa shape index (κ1) is 23.4. The Labute approximate surface area is 196 Å². The van der Waals surface area contributed by atoms with Gasteiger partial charge in [0.1, 0.15) is 22.8 Å². The molecule has 0 aromatic heterocycles. The Morgan fingerprint density at radius 1 is 1.18 bits per heavy atom. The van der Waals surface area contributed by atoms with Crippen molar-refractivity contribution in [2.75, 3.05) is 23.7 Å². The quantitative estimate of drug-likeness (QED) is 0.456. The molecule has 0 spiro atoms. The van der Waals surface area contributed by atoms with E-state index in [0.29, 0.717) is 5.04 Å². The van der Waals surface area contributed by atoms with E-state index in [0.717, 1.165) is 23.9 Å². The molecule has 0 radical (unpaired) electrons. The van der Waals surface area contributed by atoms with Crippen molar-refractivity contribution in [3.63, 3.8) is 0 Å². The van der Waals surface area contributed by atoms with Crippen LogP contribution in [-0.2, 0) is 14.3 Å². The molecule has 0 unspecified atom stereocenters. The van der Waals surface area contributed by atoms with Crippen LogP contribution in [0.25, 0.3) is 0 Å². The molecule has 1 saturated heterocycles. The highest BCUT2D eigenvalue weighted by Gasteiger charge is 2.33. The number of carbonyl (C=O) groups excluding carboxylic acids is 4. The van der Waals surface area contributed by atoms with E-state index in [1.165, 1.54) is 35.2 Å².